The molecule has 7 nitrogen and oxygen atoms in total. The number of carbonyl (C=O) groups is 2. The predicted octanol–water partition coefficient (Wildman–Crippen LogP) is 5.35. The standard InChI is InChI=1S/C31H32N2O5/c1-36-26-10-6-9-22(17-26)19-32-31(35)33-24-13-16-28(33)29(30(34)37-2)27(18-24)23-11-14-25(15-12-23)38-20-21-7-4-3-5-8-21/h3-12,14-15,17,24,28H,13,16,18-20H2,1-2H3,(H,32,35)/t24-,28+/m0/s1. The lowest BCUT2D eigenvalue weighted by atomic mass is 9.88. The maximum atomic E-state index is 13.3. The molecule has 38 heavy (non-hydrogen) atoms. The number of fused-ring (bicyclic) bond motifs is 2. The first-order valence-corrected chi connectivity index (χ1v) is 12.8. The summed E-state index contributed by atoms with van der Waals surface area (Å²) in [5.41, 5.74) is 4.50. The number of nitrogens with zero attached hydrogens (tertiary/aromatic N) is 1. The SMILES string of the molecule is COC(=O)C1=C(c2ccc(OCc3ccccc3)cc2)C[C@@H]2CC[C@H]1N2C(=O)NCc1cccc(OC)c1. The van der Waals surface area contributed by atoms with Gasteiger partial charge in [-0.05, 0) is 65.8 Å². The van der Waals surface area contributed by atoms with Crippen LogP contribution in [0.2, 0.25) is 0 Å². The number of carbonyl (C=O) groups excluding carboxylic acids is 2. The van der Waals surface area contributed by atoms with E-state index in [4.69, 9.17) is 14.2 Å². The third-order valence-corrected chi connectivity index (χ3v) is 7.27. The molecular weight excluding hydrogens is 480 g/mol. The van der Waals surface area contributed by atoms with E-state index in [0.29, 0.717) is 25.1 Å². The van der Waals surface area contributed by atoms with E-state index < -0.39 is 0 Å². The zero-order chi connectivity index (χ0) is 26.5. The van der Waals surface area contributed by atoms with Crippen LogP contribution in [0, 0.1) is 0 Å². The van der Waals surface area contributed by atoms with Crippen molar-refractivity contribution in [3.8, 4) is 11.5 Å². The molecule has 2 amide bonds. The number of hydrogen-bond donors (Lipinski definition) is 1. The van der Waals surface area contributed by atoms with E-state index in [1.807, 2.05) is 83.8 Å². The molecule has 1 N–H and O–H groups in total. The molecule has 7 heteroatoms. The highest BCUT2D eigenvalue weighted by Crippen LogP contribution is 2.43. The Morgan fingerprint density at radius 1 is 0.895 bits per heavy atom. The average molecular weight is 513 g/mol. The molecule has 2 atom stereocenters. The molecule has 0 spiro atoms. The number of ether oxygens (including phenoxy) is 3. The number of methoxy groups -OCH3 is 2. The number of benzene rings is 3. The van der Waals surface area contributed by atoms with Gasteiger partial charge in [0.1, 0.15) is 18.1 Å². The second kappa shape index (κ2) is 11.4. The summed E-state index contributed by atoms with van der Waals surface area (Å²) < 4.78 is 16.4. The van der Waals surface area contributed by atoms with E-state index in [0.717, 1.165) is 46.6 Å². The zero-order valence-electron chi connectivity index (χ0n) is 21.7. The van der Waals surface area contributed by atoms with Gasteiger partial charge >= 0.3 is 12.0 Å². The lowest BCUT2D eigenvalue weighted by molar-refractivity contribution is -0.136. The van der Waals surface area contributed by atoms with Crippen LogP contribution < -0.4 is 14.8 Å². The maximum absolute atomic E-state index is 13.3. The molecule has 1 fully saturated rings. The topological polar surface area (TPSA) is 77.1 Å². The second-order valence-corrected chi connectivity index (χ2v) is 9.55. The Morgan fingerprint density at radius 2 is 1.66 bits per heavy atom. The minimum Gasteiger partial charge on any atom is -0.497 e. The smallest absolute Gasteiger partial charge is 0.336 e. The molecule has 2 heterocycles. The first-order chi connectivity index (χ1) is 18.6. The number of amides is 2. The van der Waals surface area contributed by atoms with Crippen LogP contribution in [0.1, 0.15) is 36.0 Å². The van der Waals surface area contributed by atoms with Crippen LogP contribution in [-0.2, 0) is 22.7 Å². The van der Waals surface area contributed by atoms with Gasteiger partial charge in [-0.15, -0.1) is 0 Å². The molecule has 196 valence electrons. The summed E-state index contributed by atoms with van der Waals surface area (Å²) in [6.45, 7) is 0.862. The van der Waals surface area contributed by atoms with Crippen molar-refractivity contribution in [2.45, 2.75) is 44.5 Å². The lowest BCUT2D eigenvalue weighted by Gasteiger charge is -2.37. The Labute approximate surface area is 223 Å². The van der Waals surface area contributed by atoms with Crippen molar-refractivity contribution in [2.24, 2.45) is 0 Å². The van der Waals surface area contributed by atoms with Crippen LogP contribution in [0.15, 0.2) is 84.4 Å². The molecule has 0 aliphatic carbocycles. The second-order valence-electron chi connectivity index (χ2n) is 9.55. The quantitative estimate of drug-likeness (QED) is 0.412. The Hall–Kier alpha value is -4.26. The summed E-state index contributed by atoms with van der Waals surface area (Å²) in [6.07, 6.45) is 2.15. The van der Waals surface area contributed by atoms with Crippen molar-refractivity contribution in [3.63, 3.8) is 0 Å². The van der Waals surface area contributed by atoms with Gasteiger partial charge in [-0.1, -0.05) is 54.6 Å². The monoisotopic (exact) mass is 512 g/mol. The van der Waals surface area contributed by atoms with Crippen molar-refractivity contribution >= 4 is 17.6 Å². The normalized spacial score (nSPS) is 18.2. The molecule has 2 aliphatic rings. The number of hydrogen-bond acceptors (Lipinski definition) is 5. The van der Waals surface area contributed by atoms with Gasteiger partial charge in [0, 0.05) is 12.6 Å². The third kappa shape index (κ3) is 5.37. The van der Waals surface area contributed by atoms with Gasteiger partial charge in [-0.2, -0.15) is 0 Å². The summed E-state index contributed by atoms with van der Waals surface area (Å²) in [4.78, 5) is 28.1. The van der Waals surface area contributed by atoms with Crippen molar-refractivity contribution in [1.29, 1.82) is 0 Å². The van der Waals surface area contributed by atoms with Gasteiger partial charge in [0.15, 0.2) is 0 Å². The fourth-order valence-electron chi connectivity index (χ4n) is 5.41. The zero-order valence-corrected chi connectivity index (χ0v) is 21.7. The van der Waals surface area contributed by atoms with Crippen LogP contribution >= 0.6 is 0 Å². The molecule has 5 rings (SSSR count). The van der Waals surface area contributed by atoms with Crippen LogP contribution in [0.5, 0.6) is 11.5 Å². The molecule has 3 aromatic carbocycles. The molecule has 0 saturated carbocycles. The van der Waals surface area contributed by atoms with E-state index in [9.17, 15) is 9.59 Å². The van der Waals surface area contributed by atoms with Crippen molar-refractivity contribution in [3.05, 3.63) is 101 Å². The predicted molar refractivity (Wildman–Crippen MR) is 145 cm³/mol. The van der Waals surface area contributed by atoms with Gasteiger partial charge in [0.25, 0.3) is 0 Å². The Kier molecular flexibility index (Phi) is 7.63. The Bertz CT molecular complexity index is 1320. The van der Waals surface area contributed by atoms with Crippen molar-refractivity contribution < 1.29 is 23.8 Å². The van der Waals surface area contributed by atoms with Gasteiger partial charge in [0.05, 0.1) is 25.8 Å². The average Bonchev–Trinajstić information content (AvgIpc) is 3.28. The summed E-state index contributed by atoms with van der Waals surface area (Å²) in [5, 5.41) is 3.03. The summed E-state index contributed by atoms with van der Waals surface area (Å²) in [5.74, 6) is 1.11. The van der Waals surface area contributed by atoms with Gasteiger partial charge in [-0.3, -0.25) is 0 Å². The first kappa shape index (κ1) is 25.4. The van der Waals surface area contributed by atoms with E-state index in [2.05, 4.69) is 5.32 Å². The Morgan fingerprint density at radius 3 is 2.39 bits per heavy atom. The molecule has 1 saturated heterocycles. The molecule has 3 aromatic rings. The highest BCUT2D eigenvalue weighted by Gasteiger charge is 2.46. The number of urea groups is 1. The fourth-order valence-corrected chi connectivity index (χ4v) is 5.41. The third-order valence-electron chi connectivity index (χ3n) is 7.27. The molecule has 0 unspecified atom stereocenters. The lowest BCUT2D eigenvalue weighted by Crippen LogP contribution is -2.50. The van der Waals surface area contributed by atoms with Crippen molar-refractivity contribution in [1.82, 2.24) is 10.2 Å². The fraction of sp³-hybridized carbons (Fsp3) is 0.290. The minimum atomic E-state index is -0.389. The highest BCUT2D eigenvalue weighted by molar-refractivity contribution is 6.01. The van der Waals surface area contributed by atoms with E-state index >= 15 is 0 Å². The van der Waals surface area contributed by atoms with Crippen LogP contribution in [-0.4, -0.2) is 43.2 Å². The molecular formula is C31H32N2O5. The number of esters is 1. The van der Waals surface area contributed by atoms with Gasteiger partial charge in [-0.25, -0.2) is 9.59 Å². The van der Waals surface area contributed by atoms with E-state index in [1.54, 1.807) is 7.11 Å². The minimum absolute atomic E-state index is 0.0164. The van der Waals surface area contributed by atoms with Crippen LogP contribution in [0.3, 0.4) is 0 Å². The first-order valence-electron chi connectivity index (χ1n) is 12.8. The summed E-state index contributed by atoms with van der Waals surface area (Å²) in [7, 11) is 3.01. The Balaban J connectivity index is 1.33. The number of nitrogens with one attached hydrogen (secondary N) is 1. The summed E-state index contributed by atoms with van der Waals surface area (Å²) in [6, 6.07) is 24.9. The largest absolute Gasteiger partial charge is 0.497 e. The van der Waals surface area contributed by atoms with Crippen molar-refractivity contribution in [2.75, 3.05) is 14.2 Å². The highest BCUT2D eigenvalue weighted by atomic mass is 16.5. The molecule has 0 radical (unpaired) electrons. The maximum Gasteiger partial charge on any atom is 0.336 e. The molecule has 2 bridgehead atoms. The molecule has 2 aliphatic heterocycles. The van der Waals surface area contributed by atoms with Gasteiger partial charge < -0.3 is 24.4 Å². The van der Waals surface area contributed by atoms with Crippen LogP contribution in [0.4, 0.5) is 4.79 Å². The van der Waals surface area contributed by atoms with E-state index in [-0.39, 0.29) is 24.1 Å². The number of rotatable bonds is 8. The van der Waals surface area contributed by atoms with Crippen LogP contribution in [0.25, 0.3) is 5.57 Å². The van der Waals surface area contributed by atoms with Gasteiger partial charge in [0.2, 0.25) is 0 Å². The summed E-state index contributed by atoms with van der Waals surface area (Å²) >= 11 is 0. The van der Waals surface area contributed by atoms with E-state index in [1.165, 1.54) is 7.11 Å². The molecule has 0 aromatic heterocycles.